The summed E-state index contributed by atoms with van der Waals surface area (Å²) in [6.45, 7) is 0.406. The second-order valence-electron chi connectivity index (χ2n) is 9.92. The Morgan fingerprint density at radius 2 is 1.97 bits per heavy atom. The number of β-amino-alcohol motifs (C(OH)–C–C–N with tert-alkyl or cyclic N) is 1. The lowest BCUT2D eigenvalue weighted by Gasteiger charge is -2.34. The van der Waals surface area contributed by atoms with Gasteiger partial charge in [-0.2, -0.15) is 0 Å². The van der Waals surface area contributed by atoms with Crippen molar-refractivity contribution in [3.8, 4) is 0 Å². The summed E-state index contributed by atoms with van der Waals surface area (Å²) in [6.07, 6.45) is 10.4. The summed E-state index contributed by atoms with van der Waals surface area (Å²) in [7, 11) is 0. The monoisotopic (exact) mass is 564 g/mol. The minimum absolute atomic E-state index is 0.165. The molecule has 8 heteroatoms. The molecule has 1 aromatic carbocycles. The molecular formula is C25H30FIN4O2. The number of amides is 1. The Morgan fingerprint density at radius 3 is 2.64 bits per heavy atom. The van der Waals surface area contributed by atoms with Crippen molar-refractivity contribution in [1.29, 1.82) is 0 Å². The first kappa shape index (κ1) is 23.1. The summed E-state index contributed by atoms with van der Waals surface area (Å²) in [4.78, 5) is 17.1. The maximum Gasteiger partial charge on any atom is 0.241 e. The fourth-order valence-corrected chi connectivity index (χ4v) is 5.99. The van der Waals surface area contributed by atoms with Gasteiger partial charge in [0.05, 0.1) is 22.9 Å². The summed E-state index contributed by atoms with van der Waals surface area (Å²) in [5.74, 6) is 0.235. The predicted molar refractivity (Wildman–Crippen MR) is 133 cm³/mol. The second-order valence-corrected chi connectivity index (χ2v) is 10.5. The number of benzene rings is 1. The third-order valence-corrected chi connectivity index (χ3v) is 8.46. The quantitative estimate of drug-likeness (QED) is 0.273. The van der Waals surface area contributed by atoms with Crippen LogP contribution in [0.15, 0.2) is 42.7 Å². The number of aliphatic hydroxyl groups is 1. The molecule has 2 aromatic rings. The number of anilines is 1. The molecule has 0 radical (unpaired) electrons. The molecule has 176 valence electrons. The third kappa shape index (κ3) is 4.80. The van der Waals surface area contributed by atoms with Crippen LogP contribution >= 0.6 is 22.9 Å². The highest BCUT2D eigenvalue weighted by atomic mass is 127. The SMILES string of the molecule is O=C(Nc1cc(C(CCC2CC2)(NI)c2ccncc2)ccc1F)[C@H]1C[C@](O)(C2CC2)CN1. The average molecular weight is 564 g/mol. The molecule has 1 amide bonds. The Hall–Kier alpha value is -1.62. The first-order chi connectivity index (χ1) is 15.9. The average Bonchev–Trinajstić information content (AvgIpc) is 3.76. The van der Waals surface area contributed by atoms with Crippen molar-refractivity contribution in [3.63, 3.8) is 0 Å². The molecule has 33 heavy (non-hydrogen) atoms. The summed E-state index contributed by atoms with van der Waals surface area (Å²) in [5.41, 5.74) is 0.777. The molecule has 2 saturated carbocycles. The molecule has 3 fully saturated rings. The number of hydrogen-bond donors (Lipinski definition) is 4. The molecule has 6 nitrogen and oxygen atoms in total. The van der Waals surface area contributed by atoms with E-state index < -0.39 is 23.0 Å². The Labute approximate surface area is 207 Å². The predicted octanol–water partition coefficient (Wildman–Crippen LogP) is 4.04. The van der Waals surface area contributed by atoms with Gasteiger partial charge in [0, 0.05) is 48.2 Å². The van der Waals surface area contributed by atoms with Crippen molar-refractivity contribution in [1.82, 2.24) is 13.8 Å². The van der Waals surface area contributed by atoms with Crippen LogP contribution in [0.2, 0.25) is 0 Å². The summed E-state index contributed by atoms with van der Waals surface area (Å²) in [5, 5.41) is 16.7. The molecule has 4 N–H and O–H groups in total. The third-order valence-electron chi connectivity index (χ3n) is 7.54. The lowest BCUT2D eigenvalue weighted by molar-refractivity contribution is -0.118. The van der Waals surface area contributed by atoms with Gasteiger partial charge in [0.1, 0.15) is 5.82 Å². The fraction of sp³-hybridized carbons (Fsp3) is 0.520. The van der Waals surface area contributed by atoms with E-state index in [1.165, 1.54) is 18.9 Å². The zero-order chi connectivity index (χ0) is 23.1. The van der Waals surface area contributed by atoms with Crippen LogP contribution in [0, 0.1) is 17.7 Å². The molecule has 3 aliphatic rings. The number of carbonyl (C=O) groups is 1. The smallest absolute Gasteiger partial charge is 0.241 e. The van der Waals surface area contributed by atoms with Crippen LogP contribution in [0.25, 0.3) is 0 Å². The molecule has 5 rings (SSSR count). The Balaban J connectivity index is 1.40. The molecule has 1 unspecified atom stereocenters. The minimum Gasteiger partial charge on any atom is -0.388 e. The van der Waals surface area contributed by atoms with Gasteiger partial charge in [0.15, 0.2) is 0 Å². The topological polar surface area (TPSA) is 86.3 Å². The van der Waals surface area contributed by atoms with Crippen LogP contribution in [0.4, 0.5) is 10.1 Å². The summed E-state index contributed by atoms with van der Waals surface area (Å²) in [6, 6.07) is 8.41. The molecule has 1 aliphatic heterocycles. The van der Waals surface area contributed by atoms with E-state index in [-0.39, 0.29) is 17.5 Å². The molecule has 0 spiro atoms. The number of pyridine rings is 1. The molecule has 2 heterocycles. The number of carbonyl (C=O) groups excluding carboxylic acids is 1. The maximum atomic E-state index is 14.8. The molecular weight excluding hydrogens is 534 g/mol. The van der Waals surface area contributed by atoms with Crippen molar-refractivity contribution in [3.05, 3.63) is 59.7 Å². The van der Waals surface area contributed by atoms with E-state index in [9.17, 15) is 14.3 Å². The Bertz CT molecular complexity index is 1020. The van der Waals surface area contributed by atoms with Gasteiger partial charge in [-0.3, -0.25) is 9.78 Å². The van der Waals surface area contributed by atoms with Gasteiger partial charge >= 0.3 is 0 Å². The zero-order valence-corrected chi connectivity index (χ0v) is 20.6. The number of aromatic nitrogens is 1. The van der Waals surface area contributed by atoms with E-state index in [4.69, 9.17) is 0 Å². The van der Waals surface area contributed by atoms with Crippen LogP contribution in [-0.2, 0) is 10.3 Å². The van der Waals surface area contributed by atoms with Crippen LogP contribution < -0.4 is 14.2 Å². The van der Waals surface area contributed by atoms with Gasteiger partial charge in [-0.25, -0.2) is 7.92 Å². The number of nitrogens with one attached hydrogen (secondary N) is 3. The number of rotatable bonds is 9. The van der Waals surface area contributed by atoms with E-state index in [0.29, 0.717) is 13.0 Å². The van der Waals surface area contributed by atoms with Crippen LogP contribution in [-0.4, -0.2) is 34.2 Å². The van der Waals surface area contributed by atoms with E-state index in [0.717, 1.165) is 42.7 Å². The Kier molecular flexibility index (Phi) is 6.45. The van der Waals surface area contributed by atoms with Crippen molar-refractivity contribution >= 4 is 34.5 Å². The molecule has 1 aromatic heterocycles. The first-order valence-corrected chi connectivity index (χ1v) is 12.9. The molecule has 1 saturated heterocycles. The van der Waals surface area contributed by atoms with Crippen molar-refractivity contribution in [2.45, 2.75) is 62.1 Å². The van der Waals surface area contributed by atoms with Gasteiger partial charge in [-0.05, 0) is 72.9 Å². The van der Waals surface area contributed by atoms with Gasteiger partial charge in [0.25, 0.3) is 0 Å². The zero-order valence-electron chi connectivity index (χ0n) is 18.5. The van der Waals surface area contributed by atoms with Gasteiger partial charge in [-0.15, -0.1) is 0 Å². The summed E-state index contributed by atoms with van der Waals surface area (Å²) < 4.78 is 18.3. The van der Waals surface area contributed by atoms with Crippen molar-refractivity contribution in [2.24, 2.45) is 11.8 Å². The normalized spacial score (nSPS) is 26.7. The molecule has 3 atom stereocenters. The van der Waals surface area contributed by atoms with Crippen LogP contribution in [0.5, 0.6) is 0 Å². The van der Waals surface area contributed by atoms with Crippen LogP contribution in [0.1, 0.15) is 56.1 Å². The minimum atomic E-state index is -0.827. The highest BCUT2D eigenvalue weighted by Gasteiger charge is 2.50. The number of halogens is 2. The second kappa shape index (κ2) is 9.20. The van der Waals surface area contributed by atoms with Crippen molar-refractivity contribution in [2.75, 3.05) is 11.9 Å². The molecule has 2 aliphatic carbocycles. The number of hydrogen-bond acceptors (Lipinski definition) is 5. The van der Waals surface area contributed by atoms with Gasteiger partial charge in [0.2, 0.25) is 5.91 Å². The van der Waals surface area contributed by atoms with Crippen LogP contribution in [0.3, 0.4) is 0 Å². The maximum absolute atomic E-state index is 14.8. The first-order valence-electron chi connectivity index (χ1n) is 11.8. The van der Waals surface area contributed by atoms with E-state index in [1.54, 1.807) is 24.5 Å². The van der Waals surface area contributed by atoms with Gasteiger partial charge in [-0.1, -0.05) is 18.9 Å². The van der Waals surface area contributed by atoms with E-state index in [2.05, 4.69) is 42.0 Å². The largest absolute Gasteiger partial charge is 0.388 e. The highest BCUT2D eigenvalue weighted by Crippen LogP contribution is 2.44. The standard InChI is InChI=1S/C25H30FIN4O2/c26-20-6-5-19(25(31-27,10-7-16-1-2-16)18-8-11-28-12-9-18)13-21(20)30-23(32)22-14-24(33,15-29-22)17-3-4-17/h5-6,8-9,11-13,16-17,22,29,31,33H,1-4,7,10,14-15H2,(H,30,32)/t22-,24-,25?/m1/s1. The number of nitrogens with zero attached hydrogens (tertiary/aromatic N) is 1. The lowest BCUT2D eigenvalue weighted by Crippen LogP contribution is -2.39. The highest BCUT2D eigenvalue weighted by molar-refractivity contribution is 14.1. The van der Waals surface area contributed by atoms with Crippen molar-refractivity contribution < 1.29 is 14.3 Å². The summed E-state index contributed by atoms with van der Waals surface area (Å²) >= 11 is 2.18. The van der Waals surface area contributed by atoms with E-state index in [1.807, 2.05) is 12.1 Å². The van der Waals surface area contributed by atoms with E-state index >= 15 is 0 Å². The Morgan fingerprint density at radius 1 is 1.21 bits per heavy atom. The molecule has 0 bridgehead atoms. The lowest BCUT2D eigenvalue weighted by atomic mass is 9.79. The van der Waals surface area contributed by atoms with Gasteiger partial charge < -0.3 is 15.7 Å². The fourth-order valence-electron chi connectivity index (χ4n) is 5.10.